The van der Waals surface area contributed by atoms with Crippen molar-refractivity contribution in [3.05, 3.63) is 135 Å². The van der Waals surface area contributed by atoms with Gasteiger partial charge in [0.2, 0.25) is 0 Å². The van der Waals surface area contributed by atoms with E-state index in [9.17, 15) is 9.59 Å². The summed E-state index contributed by atoms with van der Waals surface area (Å²) in [6.45, 7) is 0.309. The van der Waals surface area contributed by atoms with Gasteiger partial charge in [-0.2, -0.15) is 0 Å². The van der Waals surface area contributed by atoms with Crippen molar-refractivity contribution < 1.29 is 14.7 Å². The van der Waals surface area contributed by atoms with Crippen molar-refractivity contribution in [3.8, 4) is 22.4 Å². The van der Waals surface area contributed by atoms with Crippen molar-refractivity contribution >= 4 is 47.2 Å². The van der Waals surface area contributed by atoms with Gasteiger partial charge >= 0.3 is 5.97 Å². The van der Waals surface area contributed by atoms with E-state index in [1.165, 1.54) is 12.1 Å². The second-order valence-corrected chi connectivity index (χ2v) is 9.87. The van der Waals surface area contributed by atoms with Crippen LogP contribution >= 0.6 is 23.2 Å². The Kier molecular flexibility index (Phi) is 8.10. The number of carboxylic acids is 1. The molecule has 5 rings (SSSR count). The molecule has 0 spiro atoms. The van der Waals surface area contributed by atoms with Crippen molar-refractivity contribution in [3.63, 3.8) is 0 Å². The fraction of sp³-hybridized carbons (Fsp3) is 0.0312. The number of amides is 1. The number of hydrogen-bond donors (Lipinski definition) is 3. The van der Waals surface area contributed by atoms with Crippen LogP contribution in [0.2, 0.25) is 10.0 Å². The topological polar surface area (TPSA) is 95.1 Å². The number of nitrogens with zero attached hydrogens (tertiary/aromatic N) is 1. The second-order valence-electron chi connectivity index (χ2n) is 9.02. The molecule has 0 aliphatic rings. The largest absolute Gasteiger partial charge is 0.478 e. The maximum atomic E-state index is 12.6. The van der Waals surface area contributed by atoms with E-state index in [0.717, 1.165) is 33.5 Å². The van der Waals surface area contributed by atoms with E-state index in [1.54, 1.807) is 42.6 Å². The highest BCUT2D eigenvalue weighted by molar-refractivity contribution is 6.36. The van der Waals surface area contributed by atoms with Crippen molar-refractivity contribution in [1.29, 1.82) is 0 Å². The Morgan fingerprint density at radius 2 is 1.48 bits per heavy atom. The molecule has 0 radical (unpaired) electrons. The summed E-state index contributed by atoms with van der Waals surface area (Å²) in [5.74, 6) is -0.476. The molecule has 0 bridgehead atoms. The lowest BCUT2D eigenvalue weighted by molar-refractivity contribution is 0.0696. The normalized spacial score (nSPS) is 11.1. The first-order valence-corrected chi connectivity index (χ1v) is 13.1. The number of benzene rings is 4. The van der Waals surface area contributed by atoms with Gasteiger partial charge in [0.1, 0.15) is 5.82 Å². The molecule has 5 aromatic rings. The first-order valence-electron chi connectivity index (χ1n) is 12.4. The Morgan fingerprint density at radius 3 is 2.12 bits per heavy atom. The van der Waals surface area contributed by atoms with Gasteiger partial charge in [0.25, 0.3) is 5.91 Å². The van der Waals surface area contributed by atoms with Crippen LogP contribution in [0.25, 0.3) is 34.5 Å². The van der Waals surface area contributed by atoms with Gasteiger partial charge in [-0.25, -0.2) is 9.78 Å². The standard InChI is InChI=1S/C32H23Cl2N3O3/c33-26-14-15-27(28(34)17-26)29-19-35-30(37-29)16-5-20-1-6-22(7-2-20)23-10-12-24(13-11-23)31(38)36-18-21-3-8-25(9-4-21)32(39)40/h1-17,19H,18H2,(H,35,37)(H,36,38)(H,39,40). The molecular formula is C32H23Cl2N3O3. The van der Waals surface area contributed by atoms with Crippen molar-refractivity contribution in [1.82, 2.24) is 15.3 Å². The van der Waals surface area contributed by atoms with Gasteiger partial charge in [0.05, 0.1) is 22.5 Å². The molecule has 1 amide bonds. The highest BCUT2D eigenvalue weighted by Crippen LogP contribution is 2.29. The SMILES string of the molecule is O=C(O)c1ccc(CNC(=O)c2ccc(-c3ccc(C=Cc4ncc(-c5ccc(Cl)cc5Cl)[nH]4)cc3)cc2)cc1. The maximum absolute atomic E-state index is 12.6. The van der Waals surface area contributed by atoms with E-state index in [4.69, 9.17) is 28.3 Å². The number of rotatable bonds is 8. The summed E-state index contributed by atoms with van der Waals surface area (Å²) in [6, 6.07) is 27.2. The molecular weight excluding hydrogens is 545 g/mol. The smallest absolute Gasteiger partial charge is 0.335 e. The number of nitrogens with one attached hydrogen (secondary N) is 2. The van der Waals surface area contributed by atoms with E-state index < -0.39 is 5.97 Å². The zero-order valence-electron chi connectivity index (χ0n) is 21.1. The van der Waals surface area contributed by atoms with Gasteiger partial charge in [-0.3, -0.25) is 4.79 Å². The minimum Gasteiger partial charge on any atom is -0.478 e. The summed E-state index contributed by atoms with van der Waals surface area (Å²) in [6.07, 6.45) is 5.61. The highest BCUT2D eigenvalue weighted by Gasteiger charge is 2.09. The van der Waals surface area contributed by atoms with Crippen LogP contribution in [0.4, 0.5) is 0 Å². The molecule has 1 heterocycles. The Balaban J connectivity index is 1.18. The quantitative estimate of drug-likeness (QED) is 0.178. The molecule has 0 atom stereocenters. The minimum atomic E-state index is -0.981. The molecule has 6 nitrogen and oxygen atoms in total. The lowest BCUT2D eigenvalue weighted by atomic mass is 10.0. The van der Waals surface area contributed by atoms with Crippen molar-refractivity contribution in [2.75, 3.05) is 0 Å². The molecule has 0 saturated heterocycles. The second kappa shape index (κ2) is 12.0. The summed E-state index contributed by atoms with van der Waals surface area (Å²) >= 11 is 12.3. The number of aromatic carboxylic acids is 1. The zero-order chi connectivity index (χ0) is 28.1. The summed E-state index contributed by atoms with van der Waals surface area (Å²) in [5, 5.41) is 13.0. The van der Waals surface area contributed by atoms with Crippen molar-refractivity contribution in [2.24, 2.45) is 0 Å². The molecule has 198 valence electrons. The summed E-state index contributed by atoms with van der Waals surface area (Å²) < 4.78 is 0. The number of aromatic nitrogens is 2. The molecule has 3 N–H and O–H groups in total. The van der Waals surface area contributed by atoms with Gasteiger partial charge in [-0.15, -0.1) is 0 Å². The molecule has 0 unspecified atom stereocenters. The molecule has 0 saturated carbocycles. The zero-order valence-corrected chi connectivity index (χ0v) is 22.6. The van der Waals surface area contributed by atoms with Gasteiger partial charge in [0.15, 0.2) is 0 Å². The number of halogens is 2. The Hall–Kier alpha value is -4.65. The summed E-state index contributed by atoms with van der Waals surface area (Å²) in [4.78, 5) is 31.2. The Bertz CT molecular complexity index is 1690. The van der Waals surface area contributed by atoms with E-state index in [0.29, 0.717) is 28.0 Å². The van der Waals surface area contributed by atoms with Crippen LogP contribution in [0.1, 0.15) is 37.7 Å². The lowest BCUT2D eigenvalue weighted by Crippen LogP contribution is -2.22. The summed E-state index contributed by atoms with van der Waals surface area (Å²) in [5.41, 5.74) is 6.25. The fourth-order valence-corrected chi connectivity index (χ4v) is 4.60. The molecule has 0 fully saturated rings. The van der Waals surface area contributed by atoms with Crippen LogP contribution < -0.4 is 5.32 Å². The summed E-state index contributed by atoms with van der Waals surface area (Å²) in [7, 11) is 0. The van der Waals surface area contributed by atoms with Gasteiger partial charge in [-0.1, -0.05) is 77.8 Å². The van der Waals surface area contributed by atoms with E-state index in [2.05, 4.69) is 15.3 Å². The number of carboxylic acid groups (broad SMARTS) is 1. The van der Waals surface area contributed by atoms with Gasteiger partial charge in [-0.05, 0) is 70.8 Å². The Labute approximate surface area is 240 Å². The third kappa shape index (κ3) is 6.49. The minimum absolute atomic E-state index is 0.200. The average Bonchev–Trinajstić information content (AvgIpc) is 3.44. The maximum Gasteiger partial charge on any atom is 0.335 e. The first kappa shape index (κ1) is 26.9. The third-order valence-electron chi connectivity index (χ3n) is 6.30. The van der Waals surface area contributed by atoms with Crippen molar-refractivity contribution in [2.45, 2.75) is 6.54 Å². The predicted octanol–water partition coefficient (Wildman–Crippen LogP) is 7.85. The van der Waals surface area contributed by atoms with E-state index in [1.807, 2.05) is 54.6 Å². The van der Waals surface area contributed by atoms with Crippen LogP contribution in [0.3, 0.4) is 0 Å². The monoisotopic (exact) mass is 567 g/mol. The predicted molar refractivity (Wildman–Crippen MR) is 159 cm³/mol. The van der Waals surface area contributed by atoms with E-state index >= 15 is 0 Å². The number of H-pyrrole nitrogens is 1. The highest BCUT2D eigenvalue weighted by atomic mass is 35.5. The molecule has 0 aliphatic heterocycles. The average molecular weight is 568 g/mol. The Morgan fingerprint density at radius 1 is 0.825 bits per heavy atom. The van der Waals surface area contributed by atoms with Crippen LogP contribution in [0.5, 0.6) is 0 Å². The van der Waals surface area contributed by atoms with Gasteiger partial charge < -0.3 is 15.4 Å². The molecule has 4 aromatic carbocycles. The number of carbonyl (C=O) groups is 2. The molecule has 0 aliphatic carbocycles. The number of imidazole rings is 1. The molecule has 1 aromatic heterocycles. The van der Waals surface area contributed by atoms with Crippen LogP contribution in [0, 0.1) is 0 Å². The van der Waals surface area contributed by atoms with Crippen LogP contribution in [-0.2, 0) is 6.54 Å². The van der Waals surface area contributed by atoms with Crippen LogP contribution in [-0.4, -0.2) is 27.0 Å². The number of carbonyl (C=O) groups excluding carboxylic acids is 1. The number of hydrogen-bond acceptors (Lipinski definition) is 3. The van der Waals surface area contributed by atoms with Gasteiger partial charge in [0, 0.05) is 22.7 Å². The molecule has 40 heavy (non-hydrogen) atoms. The third-order valence-corrected chi connectivity index (χ3v) is 6.84. The number of aromatic amines is 1. The molecule has 8 heteroatoms. The van der Waals surface area contributed by atoms with E-state index in [-0.39, 0.29) is 11.5 Å². The lowest BCUT2D eigenvalue weighted by Gasteiger charge is -2.07. The first-order chi connectivity index (χ1) is 19.4. The fourth-order valence-electron chi connectivity index (χ4n) is 4.09. The van der Waals surface area contributed by atoms with Crippen LogP contribution in [0.15, 0.2) is 97.2 Å².